The summed E-state index contributed by atoms with van der Waals surface area (Å²) in [6.45, 7) is 1.25. The number of benzene rings is 2. The fraction of sp³-hybridized carbons (Fsp3) is 0.345. The minimum atomic E-state index is -5.22. The number of imidazole rings is 1. The monoisotopic (exact) mass is 632 g/mol. The molecule has 2 aromatic carbocycles. The van der Waals surface area contributed by atoms with E-state index in [1.807, 2.05) is 25.1 Å². The molecule has 0 aliphatic carbocycles. The molecule has 0 radical (unpaired) electrons. The maximum Gasteiger partial charge on any atom is 0.493 e. The summed E-state index contributed by atoms with van der Waals surface area (Å²) in [7, 11) is 3.81. The number of carbonyl (C=O) groups excluding carboxylic acids is 2. The number of alkyl halides is 3. The number of aromatic nitrogens is 2. The molecule has 2 aliphatic heterocycles. The van der Waals surface area contributed by atoms with Crippen LogP contribution in [0.15, 0.2) is 48.5 Å². The van der Waals surface area contributed by atoms with Crippen molar-refractivity contribution in [3.8, 4) is 10.4 Å². The summed E-state index contributed by atoms with van der Waals surface area (Å²) in [4.78, 5) is 39.3. The van der Waals surface area contributed by atoms with Gasteiger partial charge in [0.05, 0.1) is 11.0 Å². The van der Waals surface area contributed by atoms with Crippen LogP contribution in [0, 0.1) is 0 Å². The van der Waals surface area contributed by atoms with Crippen molar-refractivity contribution in [1.29, 1.82) is 0 Å². The topological polar surface area (TPSA) is 82.9 Å². The van der Waals surface area contributed by atoms with Gasteiger partial charge in [0, 0.05) is 42.3 Å². The second kappa shape index (κ2) is 11.4. The van der Waals surface area contributed by atoms with E-state index in [0.717, 1.165) is 60.2 Å². The minimum absolute atomic E-state index is 0.0778. The first-order valence-electron chi connectivity index (χ1n) is 13.7. The Morgan fingerprint density at radius 3 is 2.60 bits per heavy atom. The standard InChI is InChI=1S/C29H28ClF3N6O3S/c1-36(2)28-35-21-13-20(10-11-22(21)37(28)15-19-5-3-4-12-34-19)38-16-39(42-27(41)29(31,32)33)23-14-24(43-25(23)26(38)40)17-6-8-18(30)9-7-17/h6-11,13-14,19,34H,3-5,12,15-16H2,1-2H3. The number of hydrogen-bond donors (Lipinski definition) is 1. The molecule has 1 saturated heterocycles. The molecular formula is C29H28ClF3N6O3S. The van der Waals surface area contributed by atoms with Crippen molar-refractivity contribution >= 4 is 63.2 Å². The number of piperidine rings is 1. The van der Waals surface area contributed by atoms with E-state index in [9.17, 15) is 22.8 Å². The Morgan fingerprint density at radius 2 is 1.93 bits per heavy atom. The fourth-order valence-electron chi connectivity index (χ4n) is 5.39. The number of amides is 1. The molecule has 1 N–H and O–H groups in total. The van der Waals surface area contributed by atoms with Crippen molar-refractivity contribution in [2.45, 2.75) is 38.0 Å². The summed E-state index contributed by atoms with van der Waals surface area (Å²) in [5.74, 6) is -2.07. The summed E-state index contributed by atoms with van der Waals surface area (Å²) >= 11 is 7.10. The van der Waals surface area contributed by atoms with Crippen LogP contribution in [0.2, 0.25) is 5.02 Å². The Kier molecular flexibility index (Phi) is 7.73. The van der Waals surface area contributed by atoms with Crippen LogP contribution in [0.4, 0.5) is 30.5 Å². The Hall–Kier alpha value is -3.81. The van der Waals surface area contributed by atoms with Crippen LogP contribution >= 0.6 is 22.9 Å². The number of rotatable bonds is 6. The number of anilines is 3. The van der Waals surface area contributed by atoms with Gasteiger partial charge in [0.15, 0.2) is 0 Å². The molecule has 14 heteroatoms. The maximum atomic E-state index is 13.8. The van der Waals surface area contributed by atoms with Crippen molar-refractivity contribution in [2.24, 2.45) is 0 Å². The smallest absolute Gasteiger partial charge is 0.348 e. The van der Waals surface area contributed by atoms with Crippen LogP contribution in [-0.4, -0.2) is 61.0 Å². The van der Waals surface area contributed by atoms with Crippen LogP contribution < -0.4 is 20.2 Å². The second-order valence-corrected chi connectivity index (χ2v) is 12.2. The number of thiophene rings is 1. The number of carbonyl (C=O) groups is 2. The summed E-state index contributed by atoms with van der Waals surface area (Å²) in [6, 6.07) is 14.0. The van der Waals surface area contributed by atoms with Crippen molar-refractivity contribution in [1.82, 2.24) is 14.9 Å². The zero-order chi connectivity index (χ0) is 30.5. The molecular weight excluding hydrogens is 605 g/mol. The predicted octanol–water partition coefficient (Wildman–Crippen LogP) is 6.07. The van der Waals surface area contributed by atoms with Gasteiger partial charge in [0.1, 0.15) is 17.2 Å². The van der Waals surface area contributed by atoms with Crippen molar-refractivity contribution in [2.75, 3.05) is 42.2 Å². The van der Waals surface area contributed by atoms with Gasteiger partial charge in [-0.05, 0) is 61.3 Å². The lowest BCUT2D eigenvalue weighted by molar-refractivity contribution is -0.201. The molecule has 43 heavy (non-hydrogen) atoms. The molecule has 2 aromatic heterocycles. The number of hydroxylamine groups is 1. The number of nitrogens with zero attached hydrogens (tertiary/aromatic N) is 5. The van der Waals surface area contributed by atoms with Crippen molar-refractivity contribution in [3.63, 3.8) is 0 Å². The highest BCUT2D eigenvalue weighted by molar-refractivity contribution is 7.18. The lowest BCUT2D eigenvalue weighted by atomic mass is 10.1. The normalized spacial score (nSPS) is 17.3. The van der Waals surface area contributed by atoms with Gasteiger partial charge in [-0.3, -0.25) is 9.69 Å². The highest BCUT2D eigenvalue weighted by Gasteiger charge is 2.45. The zero-order valence-corrected chi connectivity index (χ0v) is 24.9. The third-order valence-corrected chi connectivity index (χ3v) is 8.90. The fourth-order valence-corrected chi connectivity index (χ4v) is 6.62. The van der Waals surface area contributed by atoms with Crippen LogP contribution in [0.1, 0.15) is 28.9 Å². The van der Waals surface area contributed by atoms with Crippen LogP contribution in [0.3, 0.4) is 0 Å². The number of hydrogen-bond acceptors (Lipinski definition) is 8. The second-order valence-electron chi connectivity index (χ2n) is 10.7. The lowest BCUT2D eigenvalue weighted by Crippen LogP contribution is -2.48. The molecule has 6 rings (SSSR count). The van der Waals surface area contributed by atoms with Gasteiger partial charge in [-0.25, -0.2) is 9.78 Å². The molecule has 9 nitrogen and oxygen atoms in total. The molecule has 1 amide bonds. The third-order valence-electron chi connectivity index (χ3n) is 7.48. The van der Waals surface area contributed by atoms with Gasteiger partial charge in [-0.15, -0.1) is 11.3 Å². The number of halogens is 4. The quantitative estimate of drug-likeness (QED) is 0.276. The van der Waals surface area contributed by atoms with E-state index in [4.69, 9.17) is 21.4 Å². The van der Waals surface area contributed by atoms with E-state index >= 15 is 0 Å². The molecule has 4 heterocycles. The first kappa shape index (κ1) is 29.3. The third kappa shape index (κ3) is 5.76. The average molecular weight is 633 g/mol. The van der Waals surface area contributed by atoms with E-state index < -0.39 is 24.7 Å². The molecule has 1 fully saturated rings. The van der Waals surface area contributed by atoms with Crippen LogP contribution in [-0.2, 0) is 16.2 Å². The van der Waals surface area contributed by atoms with Gasteiger partial charge < -0.3 is 19.6 Å². The van der Waals surface area contributed by atoms with E-state index in [-0.39, 0.29) is 10.6 Å². The Balaban J connectivity index is 1.38. The molecule has 226 valence electrons. The Morgan fingerprint density at radius 1 is 1.16 bits per heavy atom. The molecule has 1 atom stereocenters. The molecule has 4 aromatic rings. The molecule has 0 saturated carbocycles. The van der Waals surface area contributed by atoms with E-state index in [2.05, 4.69) is 9.88 Å². The summed E-state index contributed by atoms with van der Waals surface area (Å²) < 4.78 is 41.8. The molecule has 0 spiro atoms. The van der Waals surface area contributed by atoms with E-state index in [1.54, 1.807) is 36.4 Å². The highest BCUT2D eigenvalue weighted by Crippen LogP contribution is 2.42. The predicted molar refractivity (Wildman–Crippen MR) is 161 cm³/mol. The largest absolute Gasteiger partial charge is 0.493 e. The van der Waals surface area contributed by atoms with Gasteiger partial charge in [-0.1, -0.05) is 30.2 Å². The summed E-state index contributed by atoms with van der Waals surface area (Å²) in [5, 5.41) is 4.88. The van der Waals surface area contributed by atoms with Crippen LogP contribution in [0.5, 0.6) is 0 Å². The molecule has 0 bridgehead atoms. The van der Waals surface area contributed by atoms with E-state index in [1.165, 1.54) is 11.0 Å². The average Bonchev–Trinajstić information content (AvgIpc) is 3.58. The Bertz CT molecular complexity index is 1680. The lowest BCUT2D eigenvalue weighted by Gasteiger charge is -2.34. The van der Waals surface area contributed by atoms with Crippen LogP contribution in [0.25, 0.3) is 21.5 Å². The van der Waals surface area contributed by atoms with Crippen molar-refractivity contribution < 1.29 is 27.6 Å². The maximum absolute atomic E-state index is 13.8. The zero-order valence-electron chi connectivity index (χ0n) is 23.3. The Labute approximate surface area is 254 Å². The highest BCUT2D eigenvalue weighted by atomic mass is 35.5. The summed E-state index contributed by atoms with van der Waals surface area (Å²) in [5.41, 5.74) is 2.69. The SMILES string of the molecule is CN(C)c1nc2cc(N3CN(OC(=O)C(F)(F)F)c4cc(-c5ccc(Cl)cc5)sc4C3=O)ccc2n1CC1CCCCN1. The first-order chi connectivity index (χ1) is 20.5. The van der Waals surface area contributed by atoms with E-state index in [0.29, 0.717) is 32.7 Å². The van der Waals surface area contributed by atoms with Crippen molar-refractivity contribution in [3.05, 3.63) is 58.4 Å². The molecule has 2 aliphatic rings. The number of nitrogens with one attached hydrogen (secondary N) is 1. The van der Waals surface area contributed by atoms with Gasteiger partial charge >= 0.3 is 12.1 Å². The summed E-state index contributed by atoms with van der Waals surface area (Å²) in [6.07, 6.45) is -1.86. The number of fused-ring (bicyclic) bond motifs is 2. The van der Waals surface area contributed by atoms with Gasteiger partial charge in [0.2, 0.25) is 5.95 Å². The first-order valence-corrected chi connectivity index (χ1v) is 14.9. The minimum Gasteiger partial charge on any atom is -0.348 e. The van der Waals surface area contributed by atoms with Gasteiger partial charge in [-0.2, -0.15) is 18.2 Å². The van der Waals surface area contributed by atoms with Gasteiger partial charge in [0.25, 0.3) is 5.91 Å². The molecule has 1 unspecified atom stereocenters.